The SMILES string of the molecule is O=CO/C=C/c1ccnc(-c2cc(/C=C/OC=O)cc(-c3cc(/C=C/OC=O)ccn3)n2)c1.[N-]=C=S.[N-]=C=S.[N-]=C=S.[Ru+3]. The summed E-state index contributed by atoms with van der Waals surface area (Å²) < 4.78 is 13.8. The van der Waals surface area contributed by atoms with E-state index in [9.17, 15) is 14.4 Å². The number of pyridine rings is 3. The molecule has 0 saturated carbocycles. The van der Waals surface area contributed by atoms with Crippen molar-refractivity contribution < 1.29 is 48.1 Å². The topological polar surface area (TPSA) is 184 Å². The molecule has 0 saturated heterocycles. The zero-order valence-corrected chi connectivity index (χ0v) is 25.7. The largest absolute Gasteiger partial charge is 3.00 e. The van der Waals surface area contributed by atoms with Crippen molar-refractivity contribution in [2.24, 2.45) is 0 Å². The van der Waals surface area contributed by atoms with Gasteiger partial charge in [-0.1, -0.05) is 36.7 Å². The van der Waals surface area contributed by atoms with Gasteiger partial charge in [0.05, 0.1) is 41.6 Å². The van der Waals surface area contributed by atoms with Crippen molar-refractivity contribution >= 4 is 89.8 Å². The quantitative estimate of drug-likeness (QED) is 0.0597. The first kappa shape index (κ1) is 40.2. The molecule has 3 aromatic rings. The summed E-state index contributed by atoms with van der Waals surface area (Å²) in [7, 11) is 0. The van der Waals surface area contributed by atoms with Gasteiger partial charge in [-0.05, 0) is 71.3 Å². The van der Waals surface area contributed by atoms with Crippen molar-refractivity contribution in [3.8, 4) is 22.8 Å². The summed E-state index contributed by atoms with van der Waals surface area (Å²) in [6.45, 7) is 0.965. The number of isothiocyanates is 3. The van der Waals surface area contributed by atoms with E-state index in [2.05, 4.69) is 65.8 Å². The number of carbonyl (C=O) groups excluding carboxylic acids is 3. The van der Waals surface area contributed by atoms with Crippen LogP contribution in [0.3, 0.4) is 0 Å². The van der Waals surface area contributed by atoms with Crippen LogP contribution in [0.5, 0.6) is 0 Å². The fourth-order valence-corrected chi connectivity index (χ4v) is 2.74. The molecule has 0 aromatic carbocycles. The second kappa shape index (κ2) is 27.3. The molecule has 0 atom stereocenters. The number of hydrogen-bond donors (Lipinski definition) is 0. The van der Waals surface area contributed by atoms with E-state index in [0.29, 0.717) is 47.8 Å². The van der Waals surface area contributed by atoms with Crippen LogP contribution < -0.4 is 0 Å². The summed E-state index contributed by atoms with van der Waals surface area (Å²) in [5.74, 6) is 0. The number of ether oxygens (including phenoxy) is 3. The second-order valence-corrected chi connectivity index (χ2v) is 7.05. The molecule has 0 unspecified atom stereocenters. The third-order valence-corrected chi connectivity index (χ3v) is 4.12. The van der Waals surface area contributed by atoms with Crippen LogP contribution in [-0.4, -0.2) is 49.9 Å². The van der Waals surface area contributed by atoms with Crippen molar-refractivity contribution in [1.82, 2.24) is 15.0 Å². The van der Waals surface area contributed by atoms with Crippen LogP contribution in [-0.2, 0) is 48.1 Å². The number of hydrogen-bond acceptors (Lipinski definition) is 12. The molecule has 0 aliphatic carbocycles. The van der Waals surface area contributed by atoms with E-state index in [1.54, 1.807) is 67.0 Å². The number of nitrogens with zero attached hydrogens (tertiary/aromatic N) is 6. The Kier molecular flexibility index (Phi) is 25.5. The van der Waals surface area contributed by atoms with Crippen LogP contribution in [0.2, 0.25) is 0 Å². The molecule has 12 nitrogen and oxygen atoms in total. The van der Waals surface area contributed by atoms with Gasteiger partial charge in [0, 0.05) is 12.4 Å². The molecule has 0 bridgehead atoms. The van der Waals surface area contributed by atoms with Gasteiger partial charge in [0.15, 0.2) is 0 Å². The number of carbonyl (C=O) groups is 3. The van der Waals surface area contributed by atoms with Crippen molar-refractivity contribution in [3.63, 3.8) is 0 Å². The second-order valence-electron chi connectivity index (χ2n) is 6.50. The summed E-state index contributed by atoms with van der Waals surface area (Å²) >= 11 is 11.1. The molecule has 0 aliphatic rings. The van der Waals surface area contributed by atoms with Gasteiger partial charge in [0.25, 0.3) is 19.4 Å². The van der Waals surface area contributed by atoms with Gasteiger partial charge < -0.3 is 30.4 Å². The molecule has 217 valence electrons. The zero-order valence-electron chi connectivity index (χ0n) is 21.5. The van der Waals surface area contributed by atoms with Crippen LogP contribution in [0.15, 0.2) is 67.6 Å². The molecule has 0 fully saturated rings. The normalized spacial score (nSPS) is 9.02. The van der Waals surface area contributed by atoms with Gasteiger partial charge in [-0.3, -0.25) is 24.4 Å². The minimum atomic E-state index is 0. The van der Waals surface area contributed by atoms with Crippen molar-refractivity contribution in [2.45, 2.75) is 0 Å². The molecule has 0 N–H and O–H groups in total. The summed E-state index contributed by atoms with van der Waals surface area (Å²) in [5.41, 5.74) is 4.38. The Labute approximate surface area is 274 Å². The van der Waals surface area contributed by atoms with Gasteiger partial charge in [0.2, 0.25) is 0 Å². The average Bonchev–Trinajstić information content (AvgIpc) is 2.99. The van der Waals surface area contributed by atoms with Crippen LogP contribution in [0.25, 0.3) is 57.2 Å². The molecule has 0 amide bonds. The Morgan fingerprint density at radius 1 is 0.581 bits per heavy atom. The summed E-state index contributed by atoms with van der Waals surface area (Å²) in [4.78, 5) is 44.6. The maximum atomic E-state index is 10.5. The van der Waals surface area contributed by atoms with E-state index >= 15 is 0 Å². The smallest absolute Gasteiger partial charge is 0.753 e. The maximum absolute atomic E-state index is 10.5. The maximum Gasteiger partial charge on any atom is 3.00 e. The van der Waals surface area contributed by atoms with E-state index in [-0.39, 0.29) is 19.5 Å². The van der Waals surface area contributed by atoms with E-state index in [1.807, 2.05) is 0 Å². The summed E-state index contributed by atoms with van der Waals surface area (Å²) in [5, 5.41) is 25.4. The van der Waals surface area contributed by atoms with Crippen molar-refractivity contribution in [1.29, 1.82) is 0 Å². The number of rotatable bonds is 11. The van der Waals surface area contributed by atoms with Crippen LogP contribution in [0, 0.1) is 0 Å². The van der Waals surface area contributed by atoms with Gasteiger partial charge in [-0.15, -0.1) is 0 Å². The van der Waals surface area contributed by atoms with Crippen LogP contribution in [0.1, 0.15) is 16.7 Å². The van der Waals surface area contributed by atoms with E-state index in [4.69, 9.17) is 16.2 Å². The van der Waals surface area contributed by atoms with Gasteiger partial charge >= 0.3 is 19.5 Å². The monoisotopic (exact) mass is 719 g/mol. The van der Waals surface area contributed by atoms with Crippen LogP contribution in [0.4, 0.5) is 0 Å². The summed E-state index contributed by atoms with van der Waals surface area (Å²) in [6.07, 6.45) is 11.8. The third-order valence-electron chi connectivity index (χ3n) is 4.12. The first-order valence-corrected chi connectivity index (χ1v) is 12.0. The molecule has 0 spiro atoms. The van der Waals surface area contributed by atoms with E-state index in [1.165, 1.54) is 34.3 Å². The predicted molar refractivity (Wildman–Crippen MR) is 167 cm³/mol. The minimum absolute atomic E-state index is 0. The average molecular weight is 719 g/mol. The first-order valence-electron chi connectivity index (χ1n) is 10.7. The molecule has 0 aliphatic heterocycles. The molecule has 3 aromatic heterocycles. The predicted octanol–water partition coefficient (Wildman–Crippen LogP) is 5.61. The fourth-order valence-electron chi connectivity index (χ4n) is 2.74. The minimum Gasteiger partial charge on any atom is -0.753 e. The van der Waals surface area contributed by atoms with Gasteiger partial charge in [-0.2, -0.15) is 15.5 Å². The first-order chi connectivity index (χ1) is 20.5. The van der Waals surface area contributed by atoms with Crippen LogP contribution >= 0.6 is 36.7 Å². The molecular formula is C27H17N6O6RuS3. The Morgan fingerprint density at radius 2 is 0.884 bits per heavy atom. The molecular weight excluding hydrogens is 702 g/mol. The third kappa shape index (κ3) is 18.2. The molecule has 1 radical (unpaired) electrons. The Hall–Kier alpha value is -4.90. The molecule has 3 heterocycles. The standard InChI is InChI=1S/C24H17N3O6.3CNS.Ru/c28-15-31-8-3-18-1-6-25-21(11-18)23-13-20(5-10-33-17-30)14-24(27-23)22-12-19(2-7-26-22)4-9-32-16-29;3*2-1-3;/h1-17H;;;;/q;3*-1;+3/b8-3+,9-4+,10-5+;;;;. The Morgan fingerprint density at radius 3 is 1.21 bits per heavy atom. The fraction of sp³-hybridized carbons (Fsp3) is 0. The molecule has 16 heteroatoms. The summed E-state index contributed by atoms with van der Waals surface area (Å²) in [6, 6.07) is 10.6. The van der Waals surface area contributed by atoms with Gasteiger partial charge in [0.1, 0.15) is 0 Å². The Bertz CT molecular complexity index is 1410. The Balaban J connectivity index is 0. The van der Waals surface area contributed by atoms with Crippen molar-refractivity contribution in [3.05, 3.63) is 100 Å². The number of aromatic nitrogens is 3. The number of thiocarbonyl (C=S) groups is 3. The van der Waals surface area contributed by atoms with E-state index in [0.717, 1.165) is 11.1 Å². The molecule has 43 heavy (non-hydrogen) atoms. The zero-order chi connectivity index (χ0) is 31.4. The van der Waals surface area contributed by atoms with Gasteiger partial charge in [-0.25, -0.2) is 4.98 Å². The van der Waals surface area contributed by atoms with E-state index < -0.39 is 0 Å². The van der Waals surface area contributed by atoms with Crippen molar-refractivity contribution in [2.75, 3.05) is 0 Å². The molecule has 3 rings (SSSR count).